The molecule has 0 fully saturated rings. The minimum atomic E-state index is -0.768. The number of nitrogens with zero attached hydrogens (tertiary/aromatic N) is 1. The van der Waals surface area contributed by atoms with Gasteiger partial charge in [0.15, 0.2) is 0 Å². The molecule has 20 heavy (non-hydrogen) atoms. The molecule has 4 heteroatoms. The second-order valence-corrected chi connectivity index (χ2v) is 4.75. The number of aryl methyl sites for hydroxylation is 1. The molecule has 0 amide bonds. The molecule has 4 nitrogen and oxygen atoms in total. The lowest BCUT2D eigenvalue weighted by molar-refractivity contribution is -0.137. The van der Waals surface area contributed by atoms with Crippen LogP contribution in [0.1, 0.15) is 18.4 Å². The maximum absolute atomic E-state index is 10.6. The molecule has 0 aromatic heterocycles. The lowest BCUT2D eigenvalue weighted by Crippen LogP contribution is -2.28. The van der Waals surface area contributed by atoms with Crippen LogP contribution < -0.4 is 4.74 Å². The number of aliphatic carboxylic acids is 1. The van der Waals surface area contributed by atoms with Crippen LogP contribution in [0.5, 0.6) is 5.75 Å². The zero-order valence-corrected chi connectivity index (χ0v) is 12.0. The van der Waals surface area contributed by atoms with Crippen molar-refractivity contribution in [1.82, 2.24) is 4.90 Å². The molecule has 1 aromatic rings. The minimum absolute atomic E-state index is 0.159. The van der Waals surface area contributed by atoms with E-state index in [1.54, 1.807) is 6.08 Å². The van der Waals surface area contributed by atoms with Crippen molar-refractivity contribution in [3.05, 3.63) is 42.5 Å². The van der Waals surface area contributed by atoms with E-state index in [-0.39, 0.29) is 6.42 Å². The fourth-order valence-electron chi connectivity index (χ4n) is 1.91. The van der Waals surface area contributed by atoms with E-state index in [0.29, 0.717) is 19.7 Å². The summed E-state index contributed by atoms with van der Waals surface area (Å²) in [6.45, 7) is 8.42. The normalized spacial score (nSPS) is 10.5. The molecule has 0 heterocycles. The average molecular weight is 277 g/mol. The molecule has 110 valence electrons. The van der Waals surface area contributed by atoms with Crippen molar-refractivity contribution in [3.63, 3.8) is 0 Å². The van der Waals surface area contributed by atoms with Gasteiger partial charge in [-0.2, -0.15) is 0 Å². The Balaban J connectivity index is 2.26. The minimum Gasteiger partial charge on any atom is -0.494 e. The molecule has 0 aliphatic carbocycles. The molecular formula is C16H23NO3. The van der Waals surface area contributed by atoms with Crippen LogP contribution in [0.4, 0.5) is 0 Å². The highest BCUT2D eigenvalue weighted by Gasteiger charge is 2.05. The van der Waals surface area contributed by atoms with Gasteiger partial charge in [0.25, 0.3) is 0 Å². The summed E-state index contributed by atoms with van der Waals surface area (Å²) >= 11 is 0. The average Bonchev–Trinajstić information content (AvgIpc) is 2.40. The number of carboxylic acid groups (broad SMARTS) is 1. The van der Waals surface area contributed by atoms with Crippen LogP contribution in [0.25, 0.3) is 0 Å². The highest BCUT2D eigenvalue weighted by molar-refractivity contribution is 5.66. The first-order valence-electron chi connectivity index (χ1n) is 6.86. The van der Waals surface area contributed by atoms with Gasteiger partial charge >= 0.3 is 5.97 Å². The summed E-state index contributed by atoms with van der Waals surface area (Å²) in [7, 11) is 0. The standard InChI is InChI=1S/C16H23NO3/c1-3-9-17(11-8-16(18)19)10-5-12-20-15-7-4-6-14(2)13-15/h3-4,6-7,13H,1,5,8-12H2,2H3,(H,18,19). The van der Waals surface area contributed by atoms with Crippen molar-refractivity contribution >= 4 is 5.97 Å². The summed E-state index contributed by atoms with van der Waals surface area (Å²) in [4.78, 5) is 12.6. The Morgan fingerprint density at radius 2 is 2.25 bits per heavy atom. The summed E-state index contributed by atoms with van der Waals surface area (Å²) < 4.78 is 5.67. The zero-order valence-electron chi connectivity index (χ0n) is 12.0. The Kier molecular flexibility index (Phi) is 7.43. The maximum Gasteiger partial charge on any atom is 0.304 e. The summed E-state index contributed by atoms with van der Waals surface area (Å²) in [5, 5.41) is 8.70. The fourth-order valence-corrected chi connectivity index (χ4v) is 1.91. The maximum atomic E-state index is 10.6. The Morgan fingerprint density at radius 1 is 1.45 bits per heavy atom. The van der Waals surface area contributed by atoms with Crippen LogP contribution in [0.15, 0.2) is 36.9 Å². The van der Waals surface area contributed by atoms with Crippen molar-refractivity contribution in [3.8, 4) is 5.75 Å². The van der Waals surface area contributed by atoms with E-state index in [0.717, 1.165) is 18.7 Å². The second kappa shape index (κ2) is 9.15. The third-order valence-electron chi connectivity index (χ3n) is 2.91. The first-order chi connectivity index (χ1) is 9.61. The molecule has 1 aromatic carbocycles. The number of hydrogen-bond donors (Lipinski definition) is 1. The van der Waals surface area contributed by atoms with Gasteiger partial charge in [-0.25, -0.2) is 0 Å². The smallest absolute Gasteiger partial charge is 0.304 e. The molecule has 0 spiro atoms. The first-order valence-corrected chi connectivity index (χ1v) is 6.86. The van der Waals surface area contributed by atoms with Gasteiger partial charge < -0.3 is 9.84 Å². The van der Waals surface area contributed by atoms with E-state index in [2.05, 4.69) is 11.5 Å². The Morgan fingerprint density at radius 3 is 2.90 bits per heavy atom. The quantitative estimate of drug-likeness (QED) is 0.528. The summed E-state index contributed by atoms with van der Waals surface area (Å²) in [6, 6.07) is 7.96. The van der Waals surface area contributed by atoms with Gasteiger partial charge in [-0.15, -0.1) is 6.58 Å². The van der Waals surface area contributed by atoms with Gasteiger partial charge in [0.2, 0.25) is 0 Å². The van der Waals surface area contributed by atoms with Gasteiger partial charge in [0.1, 0.15) is 5.75 Å². The van der Waals surface area contributed by atoms with Crippen LogP contribution >= 0.6 is 0 Å². The van der Waals surface area contributed by atoms with Gasteiger partial charge in [-0.1, -0.05) is 18.2 Å². The van der Waals surface area contributed by atoms with E-state index in [9.17, 15) is 4.79 Å². The van der Waals surface area contributed by atoms with E-state index < -0.39 is 5.97 Å². The number of ether oxygens (including phenoxy) is 1. The molecule has 0 atom stereocenters. The Labute approximate surface area is 120 Å². The van der Waals surface area contributed by atoms with E-state index in [1.165, 1.54) is 5.56 Å². The molecule has 1 N–H and O–H groups in total. The number of benzene rings is 1. The predicted molar refractivity (Wildman–Crippen MR) is 80.2 cm³/mol. The zero-order chi connectivity index (χ0) is 14.8. The third-order valence-corrected chi connectivity index (χ3v) is 2.91. The topological polar surface area (TPSA) is 49.8 Å². The molecule has 0 unspecified atom stereocenters. The van der Waals surface area contributed by atoms with Crippen molar-refractivity contribution in [2.24, 2.45) is 0 Å². The molecule has 0 aliphatic heterocycles. The lowest BCUT2D eigenvalue weighted by atomic mass is 10.2. The molecule has 0 bridgehead atoms. The fraction of sp³-hybridized carbons (Fsp3) is 0.438. The van der Waals surface area contributed by atoms with Gasteiger partial charge in [-0.05, 0) is 31.0 Å². The number of rotatable bonds is 10. The summed E-state index contributed by atoms with van der Waals surface area (Å²) in [5.41, 5.74) is 1.18. The van der Waals surface area contributed by atoms with Crippen LogP contribution in [0.2, 0.25) is 0 Å². The summed E-state index contributed by atoms with van der Waals surface area (Å²) in [6.07, 6.45) is 2.82. The number of carbonyl (C=O) groups is 1. The molecule has 0 aliphatic rings. The highest BCUT2D eigenvalue weighted by atomic mass is 16.5. The van der Waals surface area contributed by atoms with Crippen molar-refractivity contribution < 1.29 is 14.6 Å². The Hall–Kier alpha value is -1.81. The third kappa shape index (κ3) is 6.95. The number of carboxylic acids is 1. The number of hydrogen-bond acceptors (Lipinski definition) is 3. The van der Waals surface area contributed by atoms with Gasteiger partial charge in [0.05, 0.1) is 13.0 Å². The van der Waals surface area contributed by atoms with Crippen molar-refractivity contribution in [2.75, 3.05) is 26.2 Å². The second-order valence-electron chi connectivity index (χ2n) is 4.75. The SMILES string of the molecule is C=CCN(CCCOc1cccc(C)c1)CCC(=O)O. The van der Waals surface area contributed by atoms with E-state index in [1.807, 2.05) is 31.2 Å². The van der Waals surface area contributed by atoms with Crippen LogP contribution in [0, 0.1) is 6.92 Å². The Bertz CT molecular complexity index is 431. The van der Waals surface area contributed by atoms with Crippen molar-refractivity contribution in [2.45, 2.75) is 19.8 Å². The summed E-state index contributed by atoms with van der Waals surface area (Å²) in [5.74, 6) is 0.112. The van der Waals surface area contributed by atoms with E-state index in [4.69, 9.17) is 9.84 Å². The van der Waals surface area contributed by atoms with Crippen LogP contribution in [-0.4, -0.2) is 42.2 Å². The highest BCUT2D eigenvalue weighted by Crippen LogP contribution is 2.12. The van der Waals surface area contributed by atoms with E-state index >= 15 is 0 Å². The molecule has 0 saturated carbocycles. The lowest BCUT2D eigenvalue weighted by Gasteiger charge is -2.19. The predicted octanol–water partition coefficient (Wildman–Crippen LogP) is 2.73. The molecule has 0 saturated heterocycles. The first kappa shape index (κ1) is 16.2. The van der Waals surface area contributed by atoms with Gasteiger partial charge in [-0.3, -0.25) is 9.69 Å². The molecule has 0 radical (unpaired) electrons. The van der Waals surface area contributed by atoms with Gasteiger partial charge in [0, 0.05) is 19.6 Å². The monoisotopic (exact) mass is 277 g/mol. The van der Waals surface area contributed by atoms with Crippen LogP contribution in [-0.2, 0) is 4.79 Å². The molecular weight excluding hydrogens is 254 g/mol. The molecule has 1 rings (SSSR count). The largest absolute Gasteiger partial charge is 0.494 e. The van der Waals surface area contributed by atoms with Crippen LogP contribution in [0.3, 0.4) is 0 Å². The van der Waals surface area contributed by atoms with Crippen molar-refractivity contribution in [1.29, 1.82) is 0 Å².